The summed E-state index contributed by atoms with van der Waals surface area (Å²) < 4.78 is 12.5. The molecule has 0 bridgehead atoms. The Balaban J connectivity index is 2.23. The summed E-state index contributed by atoms with van der Waals surface area (Å²) in [4.78, 5) is 3.49. The Bertz CT molecular complexity index is 258. The molecule has 3 heteroatoms. The van der Waals surface area contributed by atoms with Crippen LogP contribution in [0.1, 0.15) is 18.0 Å². The lowest BCUT2D eigenvalue weighted by molar-refractivity contribution is 0.381. The second-order valence-electron chi connectivity index (χ2n) is 2.71. The number of aromatic nitrogens is 1. The smallest absolute Gasteiger partial charge is 0.213 e. The fraction of sp³-hybridized carbons (Fsp3) is 0.375. The molecule has 2 rings (SSSR count). The van der Waals surface area contributed by atoms with E-state index in [0.717, 1.165) is 18.5 Å². The third-order valence-electron chi connectivity index (χ3n) is 1.98. The molecule has 1 aromatic rings. The van der Waals surface area contributed by atoms with Crippen LogP contribution < -0.4 is 5.32 Å². The summed E-state index contributed by atoms with van der Waals surface area (Å²) in [5, 5.41) is 3.19. The van der Waals surface area contributed by atoms with Gasteiger partial charge in [0.15, 0.2) is 0 Å². The minimum Gasteiger partial charge on any atom is -0.310 e. The van der Waals surface area contributed by atoms with E-state index in [9.17, 15) is 4.39 Å². The van der Waals surface area contributed by atoms with Gasteiger partial charge in [-0.3, -0.25) is 0 Å². The molecule has 0 unspecified atom stereocenters. The maximum Gasteiger partial charge on any atom is 0.213 e. The molecule has 0 radical (unpaired) electrons. The number of rotatable bonds is 1. The molecule has 0 aromatic carbocycles. The number of pyridine rings is 1. The van der Waals surface area contributed by atoms with E-state index in [1.807, 2.05) is 6.07 Å². The van der Waals surface area contributed by atoms with Gasteiger partial charge < -0.3 is 5.32 Å². The molecule has 1 aromatic heterocycles. The number of hydrogen-bond acceptors (Lipinski definition) is 2. The van der Waals surface area contributed by atoms with Gasteiger partial charge in [0.2, 0.25) is 5.95 Å². The fourth-order valence-corrected chi connectivity index (χ4v) is 1.21. The van der Waals surface area contributed by atoms with Crippen molar-refractivity contribution in [2.24, 2.45) is 0 Å². The zero-order chi connectivity index (χ0) is 7.68. The summed E-state index contributed by atoms with van der Waals surface area (Å²) in [5.74, 6) is -0.392. The molecule has 58 valence electrons. The van der Waals surface area contributed by atoms with E-state index in [4.69, 9.17) is 0 Å². The molecule has 1 aliphatic rings. The zero-order valence-corrected chi connectivity index (χ0v) is 6.05. The molecule has 0 spiro atoms. The highest BCUT2D eigenvalue weighted by Gasteiger charge is 2.18. The molecule has 1 saturated heterocycles. The van der Waals surface area contributed by atoms with Crippen LogP contribution in [0.15, 0.2) is 18.3 Å². The predicted molar refractivity (Wildman–Crippen MR) is 39.6 cm³/mol. The first-order chi connectivity index (χ1) is 5.36. The van der Waals surface area contributed by atoms with Crippen molar-refractivity contribution in [3.8, 4) is 0 Å². The zero-order valence-electron chi connectivity index (χ0n) is 6.05. The molecule has 2 nitrogen and oxygen atoms in total. The normalized spacial score (nSPS) is 22.8. The standard InChI is InChI=1S/C8H9FN2/c9-8-5-6(1-3-11-8)7-2-4-10-7/h1,3,5,7,10H,2,4H2/t7-/m0/s1. The van der Waals surface area contributed by atoms with E-state index < -0.39 is 5.95 Å². The number of nitrogens with one attached hydrogen (secondary N) is 1. The molecule has 1 aliphatic heterocycles. The molecule has 0 amide bonds. The second-order valence-corrected chi connectivity index (χ2v) is 2.71. The minimum atomic E-state index is -0.392. The van der Waals surface area contributed by atoms with Crippen molar-refractivity contribution < 1.29 is 4.39 Å². The molecule has 1 N–H and O–H groups in total. The van der Waals surface area contributed by atoms with Crippen LogP contribution in [0.25, 0.3) is 0 Å². The van der Waals surface area contributed by atoms with Crippen LogP contribution in [-0.4, -0.2) is 11.5 Å². The molecular weight excluding hydrogens is 143 g/mol. The van der Waals surface area contributed by atoms with Crippen molar-refractivity contribution in [1.82, 2.24) is 10.3 Å². The van der Waals surface area contributed by atoms with Crippen LogP contribution in [-0.2, 0) is 0 Å². The summed E-state index contributed by atoms with van der Waals surface area (Å²) in [6.45, 7) is 1.04. The highest BCUT2D eigenvalue weighted by Crippen LogP contribution is 2.21. The Morgan fingerprint density at radius 1 is 1.64 bits per heavy atom. The van der Waals surface area contributed by atoms with Gasteiger partial charge >= 0.3 is 0 Å². The van der Waals surface area contributed by atoms with Crippen molar-refractivity contribution in [1.29, 1.82) is 0 Å². The van der Waals surface area contributed by atoms with Gasteiger partial charge in [-0.25, -0.2) is 4.98 Å². The number of hydrogen-bond donors (Lipinski definition) is 1. The van der Waals surface area contributed by atoms with Crippen molar-refractivity contribution >= 4 is 0 Å². The van der Waals surface area contributed by atoms with Gasteiger partial charge in [-0.2, -0.15) is 4.39 Å². The van der Waals surface area contributed by atoms with Gasteiger partial charge in [0, 0.05) is 12.2 Å². The summed E-state index contributed by atoms with van der Waals surface area (Å²) in [7, 11) is 0. The molecule has 2 heterocycles. The Kier molecular flexibility index (Phi) is 1.58. The van der Waals surface area contributed by atoms with Crippen LogP contribution in [0.3, 0.4) is 0 Å². The Morgan fingerprint density at radius 2 is 2.45 bits per heavy atom. The summed E-state index contributed by atoms with van der Waals surface area (Å²) in [5.41, 5.74) is 1.00. The third-order valence-corrected chi connectivity index (χ3v) is 1.98. The third kappa shape index (κ3) is 1.24. The molecule has 0 saturated carbocycles. The van der Waals surface area contributed by atoms with E-state index >= 15 is 0 Å². The van der Waals surface area contributed by atoms with Gasteiger partial charge in [-0.05, 0) is 30.7 Å². The van der Waals surface area contributed by atoms with Crippen molar-refractivity contribution in [2.75, 3.05) is 6.54 Å². The van der Waals surface area contributed by atoms with E-state index in [1.54, 1.807) is 0 Å². The molecule has 1 atom stereocenters. The highest BCUT2D eigenvalue weighted by atomic mass is 19.1. The number of halogens is 1. The highest BCUT2D eigenvalue weighted by molar-refractivity contribution is 5.17. The lowest BCUT2D eigenvalue weighted by Crippen LogP contribution is -2.34. The van der Waals surface area contributed by atoms with Gasteiger partial charge in [-0.15, -0.1) is 0 Å². The van der Waals surface area contributed by atoms with E-state index in [2.05, 4.69) is 10.3 Å². The molecule has 11 heavy (non-hydrogen) atoms. The topological polar surface area (TPSA) is 24.9 Å². The van der Waals surface area contributed by atoms with Crippen LogP contribution in [0.2, 0.25) is 0 Å². The maximum atomic E-state index is 12.5. The Labute approximate surface area is 64.5 Å². The summed E-state index contributed by atoms with van der Waals surface area (Å²) in [6.07, 6.45) is 2.61. The van der Waals surface area contributed by atoms with E-state index in [1.165, 1.54) is 12.3 Å². The Morgan fingerprint density at radius 3 is 3.00 bits per heavy atom. The predicted octanol–water partition coefficient (Wildman–Crippen LogP) is 1.26. The first kappa shape index (κ1) is 6.73. The van der Waals surface area contributed by atoms with Crippen molar-refractivity contribution in [2.45, 2.75) is 12.5 Å². The van der Waals surface area contributed by atoms with Gasteiger partial charge in [0.25, 0.3) is 0 Å². The minimum absolute atomic E-state index is 0.354. The van der Waals surface area contributed by atoms with E-state index in [-0.39, 0.29) is 0 Å². The van der Waals surface area contributed by atoms with Crippen LogP contribution in [0.5, 0.6) is 0 Å². The quantitative estimate of drug-likeness (QED) is 0.613. The second kappa shape index (κ2) is 2.58. The average molecular weight is 152 g/mol. The fourth-order valence-electron chi connectivity index (χ4n) is 1.21. The molecule has 0 aliphatic carbocycles. The SMILES string of the molecule is Fc1cc([C@@H]2CCN2)ccn1. The largest absolute Gasteiger partial charge is 0.310 e. The number of nitrogens with zero attached hydrogens (tertiary/aromatic N) is 1. The van der Waals surface area contributed by atoms with Crippen LogP contribution >= 0.6 is 0 Å². The summed E-state index contributed by atoms with van der Waals surface area (Å²) in [6, 6.07) is 3.68. The molecular formula is C8H9FN2. The van der Waals surface area contributed by atoms with Crippen LogP contribution in [0.4, 0.5) is 4.39 Å². The maximum absolute atomic E-state index is 12.5. The van der Waals surface area contributed by atoms with Crippen molar-refractivity contribution in [3.05, 3.63) is 29.8 Å². The average Bonchev–Trinajstić information content (AvgIpc) is 1.83. The monoisotopic (exact) mass is 152 g/mol. The first-order valence-electron chi connectivity index (χ1n) is 3.71. The molecule has 1 fully saturated rings. The lowest BCUT2D eigenvalue weighted by atomic mass is 9.99. The summed E-state index contributed by atoms with van der Waals surface area (Å²) >= 11 is 0. The van der Waals surface area contributed by atoms with Crippen molar-refractivity contribution in [3.63, 3.8) is 0 Å². The van der Waals surface area contributed by atoms with Crippen LogP contribution in [0, 0.1) is 5.95 Å². The van der Waals surface area contributed by atoms with Gasteiger partial charge in [0.05, 0.1) is 0 Å². The van der Waals surface area contributed by atoms with E-state index in [0.29, 0.717) is 6.04 Å². The first-order valence-corrected chi connectivity index (χ1v) is 3.71. The van der Waals surface area contributed by atoms with Gasteiger partial charge in [-0.1, -0.05) is 0 Å². The Hall–Kier alpha value is -0.960. The van der Waals surface area contributed by atoms with Gasteiger partial charge in [0.1, 0.15) is 0 Å². The lowest BCUT2D eigenvalue weighted by Gasteiger charge is -2.27.